The van der Waals surface area contributed by atoms with Crippen molar-refractivity contribution in [1.29, 1.82) is 0 Å². The second-order valence-electron chi connectivity index (χ2n) is 5.95. The van der Waals surface area contributed by atoms with Crippen LogP contribution in [0.4, 0.5) is 5.69 Å². The summed E-state index contributed by atoms with van der Waals surface area (Å²) in [6, 6.07) is 6.69. The Labute approximate surface area is 122 Å². The molecule has 2 unspecified atom stereocenters. The fourth-order valence-corrected chi connectivity index (χ4v) is 2.89. The van der Waals surface area contributed by atoms with Crippen molar-refractivity contribution in [3.8, 4) is 5.75 Å². The molecule has 2 rings (SSSR count). The molecule has 20 heavy (non-hydrogen) atoms. The van der Waals surface area contributed by atoms with E-state index in [-0.39, 0.29) is 6.10 Å². The molecule has 1 saturated carbocycles. The lowest BCUT2D eigenvalue weighted by atomic mass is 9.92. The van der Waals surface area contributed by atoms with Crippen molar-refractivity contribution in [3.63, 3.8) is 0 Å². The van der Waals surface area contributed by atoms with E-state index in [1.807, 2.05) is 27.0 Å². The minimum Gasteiger partial charge on any atom is -0.491 e. The molecule has 112 valence electrons. The molecule has 1 aliphatic rings. The number of nitrogens with one attached hydrogen (secondary N) is 1. The maximum Gasteiger partial charge on any atom is 0.120 e. The first kappa shape index (κ1) is 15.2. The molecule has 0 amide bonds. The van der Waals surface area contributed by atoms with E-state index in [0.717, 1.165) is 12.2 Å². The third-order valence-corrected chi connectivity index (χ3v) is 3.92. The Morgan fingerprint density at radius 1 is 1.20 bits per heavy atom. The monoisotopic (exact) mass is 277 g/mol. The van der Waals surface area contributed by atoms with Crippen LogP contribution in [0.5, 0.6) is 5.75 Å². The van der Waals surface area contributed by atoms with E-state index in [9.17, 15) is 0 Å². The van der Waals surface area contributed by atoms with Crippen molar-refractivity contribution in [2.75, 3.05) is 12.4 Å². The van der Waals surface area contributed by atoms with Crippen molar-refractivity contribution in [2.45, 2.75) is 64.7 Å². The molecule has 3 heteroatoms. The molecule has 3 nitrogen and oxygen atoms in total. The molecule has 1 aromatic rings. The molecule has 0 radical (unpaired) electrons. The topological polar surface area (TPSA) is 30.5 Å². The smallest absolute Gasteiger partial charge is 0.120 e. The van der Waals surface area contributed by atoms with E-state index in [1.54, 1.807) is 0 Å². The van der Waals surface area contributed by atoms with Crippen molar-refractivity contribution < 1.29 is 9.47 Å². The molecule has 1 aliphatic carbocycles. The zero-order valence-electron chi connectivity index (χ0n) is 13.1. The zero-order chi connectivity index (χ0) is 14.5. The third-order valence-electron chi connectivity index (χ3n) is 3.92. The van der Waals surface area contributed by atoms with Gasteiger partial charge in [-0.15, -0.1) is 0 Å². The molecule has 0 spiro atoms. The van der Waals surface area contributed by atoms with Gasteiger partial charge in [0.15, 0.2) is 0 Å². The Bertz CT molecular complexity index is 431. The van der Waals surface area contributed by atoms with Gasteiger partial charge >= 0.3 is 0 Å². The third kappa shape index (κ3) is 3.89. The van der Waals surface area contributed by atoms with Crippen molar-refractivity contribution in [1.82, 2.24) is 0 Å². The van der Waals surface area contributed by atoms with Gasteiger partial charge in [0.25, 0.3) is 0 Å². The van der Waals surface area contributed by atoms with Gasteiger partial charge in [-0.1, -0.05) is 12.8 Å². The molecule has 1 N–H and O–H groups in total. The molecule has 0 aliphatic heterocycles. The lowest BCUT2D eigenvalue weighted by Crippen LogP contribution is -2.37. The van der Waals surface area contributed by atoms with Crippen LogP contribution in [0, 0.1) is 6.92 Å². The van der Waals surface area contributed by atoms with Crippen LogP contribution in [0.3, 0.4) is 0 Å². The van der Waals surface area contributed by atoms with Gasteiger partial charge in [0.1, 0.15) is 5.75 Å². The standard InChI is InChI=1S/C17H27NO2/c1-12(2)20-14-9-10-15(13(3)11-14)18-16-7-5-6-8-17(16)19-4/h9-12,16-18H,5-8H2,1-4H3. The first-order valence-corrected chi connectivity index (χ1v) is 7.67. The first-order chi connectivity index (χ1) is 9.60. The lowest BCUT2D eigenvalue weighted by molar-refractivity contribution is 0.0606. The van der Waals surface area contributed by atoms with Gasteiger partial charge in [0.2, 0.25) is 0 Å². The van der Waals surface area contributed by atoms with Crippen LogP contribution >= 0.6 is 0 Å². The molecule has 1 aromatic carbocycles. The van der Waals surface area contributed by atoms with E-state index in [1.165, 1.54) is 30.5 Å². The number of hydrogen-bond donors (Lipinski definition) is 1. The van der Waals surface area contributed by atoms with E-state index in [0.29, 0.717) is 12.1 Å². The molecule has 2 atom stereocenters. The van der Waals surface area contributed by atoms with E-state index >= 15 is 0 Å². The Balaban J connectivity index is 2.05. The highest BCUT2D eigenvalue weighted by atomic mass is 16.5. The average molecular weight is 277 g/mol. The Kier molecular flexibility index (Phi) is 5.30. The summed E-state index contributed by atoms with van der Waals surface area (Å²) in [5, 5.41) is 3.65. The maximum absolute atomic E-state index is 5.73. The molecular weight excluding hydrogens is 250 g/mol. The maximum atomic E-state index is 5.73. The summed E-state index contributed by atoms with van der Waals surface area (Å²) >= 11 is 0. The summed E-state index contributed by atoms with van der Waals surface area (Å²) in [5.74, 6) is 0.940. The highest BCUT2D eigenvalue weighted by Crippen LogP contribution is 2.27. The molecule has 0 saturated heterocycles. The quantitative estimate of drug-likeness (QED) is 0.877. The van der Waals surface area contributed by atoms with Gasteiger partial charge in [-0.3, -0.25) is 0 Å². The Hall–Kier alpha value is -1.22. The van der Waals surface area contributed by atoms with Gasteiger partial charge in [-0.05, 0) is 57.4 Å². The number of anilines is 1. The summed E-state index contributed by atoms with van der Waals surface area (Å²) in [4.78, 5) is 0. The van der Waals surface area contributed by atoms with Crippen LogP contribution in [0.1, 0.15) is 45.1 Å². The van der Waals surface area contributed by atoms with Crippen molar-refractivity contribution >= 4 is 5.69 Å². The van der Waals surface area contributed by atoms with E-state index < -0.39 is 0 Å². The minimum absolute atomic E-state index is 0.212. The number of hydrogen-bond acceptors (Lipinski definition) is 3. The summed E-state index contributed by atoms with van der Waals surface area (Å²) in [7, 11) is 1.82. The van der Waals surface area contributed by atoms with Crippen molar-refractivity contribution in [2.24, 2.45) is 0 Å². The van der Waals surface area contributed by atoms with Gasteiger partial charge in [-0.2, -0.15) is 0 Å². The minimum atomic E-state index is 0.212. The average Bonchev–Trinajstić information content (AvgIpc) is 2.42. The van der Waals surface area contributed by atoms with Crippen molar-refractivity contribution in [3.05, 3.63) is 23.8 Å². The van der Waals surface area contributed by atoms with Crippen LogP contribution in [-0.2, 0) is 4.74 Å². The van der Waals surface area contributed by atoms with Crippen LogP contribution in [-0.4, -0.2) is 25.4 Å². The predicted molar refractivity (Wildman–Crippen MR) is 83.6 cm³/mol. The predicted octanol–water partition coefficient (Wildman–Crippen LogP) is 4.15. The Morgan fingerprint density at radius 2 is 1.95 bits per heavy atom. The van der Waals surface area contributed by atoms with E-state index in [4.69, 9.17) is 9.47 Å². The molecule has 0 heterocycles. The second kappa shape index (κ2) is 6.98. The van der Waals surface area contributed by atoms with Gasteiger partial charge in [0.05, 0.1) is 18.2 Å². The zero-order valence-corrected chi connectivity index (χ0v) is 13.1. The highest BCUT2D eigenvalue weighted by Gasteiger charge is 2.24. The summed E-state index contributed by atoms with van der Waals surface area (Å²) in [5.41, 5.74) is 2.42. The molecule has 0 bridgehead atoms. The van der Waals surface area contributed by atoms with Gasteiger partial charge in [-0.25, -0.2) is 0 Å². The highest BCUT2D eigenvalue weighted by molar-refractivity contribution is 5.54. The van der Waals surface area contributed by atoms with E-state index in [2.05, 4.69) is 24.4 Å². The molecule has 0 aromatic heterocycles. The number of ether oxygens (including phenoxy) is 2. The lowest BCUT2D eigenvalue weighted by Gasteiger charge is -2.32. The summed E-state index contributed by atoms with van der Waals surface area (Å²) < 4.78 is 11.3. The second-order valence-corrected chi connectivity index (χ2v) is 5.95. The van der Waals surface area contributed by atoms with Gasteiger partial charge in [0, 0.05) is 12.8 Å². The summed E-state index contributed by atoms with van der Waals surface area (Å²) in [6.07, 6.45) is 5.44. The molecule has 1 fully saturated rings. The Morgan fingerprint density at radius 3 is 2.60 bits per heavy atom. The summed E-state index contributed by atoms with van der Waals surface area (Å²) in [6.45, 7) is 6.22. The fourth-order valence-electron chi connectivity index (χ4n) is 2.89. The largest absolute Gasteiger partial charge is 0.491 e. The molecular formula is C17H27NO2. The first-order valence-electron chi connectivity index (χ1n) is 7.67. The fraction of sp³-hybridized carbons (Fsp3) is 0.647. The number of benzene rings is 1. The number of methoxy groups -OCH3 is 1. The normalized spacial score (nSPS) is 22.9. The van der Waals surface area contributed by atoms with Crippen LogP contribution < -0.4 is 10.1 Å². The SMILES string of the molecule is COC1CCCCC1Nc1ccc(OC(C)C)cc1C. The van der Waals surface area contributed by atoms with Gasteiger partial charge < -0.3 is 14.8 Å². The number of rotatable bonds is 5. The van der Waals surface area contributed by atoms with Crippen LogP contribution in [0.25, 0.3) is 0 Å². The van der Waals surface area contributed by atoms with Crippen LogP contribution in [0.15, 0.2) is 18.2 Å². The van der Waals surface area contributed by atoms with Crippen LogP contribution in [0.2, 0.25) is 0 Å². The number of aryl methyl sites for hydroxylation is 1.